The average molecular weight is 460 g/mol. The lowest BCUT2D eigenvalue weighted by atomic mass is 10.1. The summed E-state index contributed by atoms with van der Waals surface area (Å²) in [6.45, 7) is 1.47. The molecule has 0 bridgehead atoms. The second-order valence-electron chi connectivity index (χ2n) is 7.11. The van der Waals surface area contributed by atoms with Crippen LogP contribution in [0.5, 0.6) is 5.88 Å². The first kappa shape index (κ1) is 23.9. The van der Waals surface area contributed by atoms with Gasteiger partial charge < -0.3 is 14.6 Å². The molecule has 0 saturated carbocycles. The normalized spacial score (nSPS) is 10.6. The number of carbonyl (C=O) groups excluding carboxylic acids is 2. The highest BCUT2D eigenvalue weighted by atomic mass is 16.5. The largest absolute Gasteiger partial charge is 0.493 e. The van der Waals surface area contributed by atoms with Crippen LogP contribution in [0.2, 0.25) is 0 Å². The Bertz CT molecular complexity index is 1350. The summed E-state index contributed by atoms with van der Waals surface area (Å²) in [6, 6.07) is 14.7. The van der Waals surface area contributed by atoms with Crippen molar-refractivity contribution >= 4 is 23.3 Å². The molecule has 1 heterocycles. The van der Waals surface area contributed by atoms with Crippen LogP contribution < -0.4 is 5.56 Å². The molecule has 0 aliphatic heterocycles. The number of pyridine rings is 1. The fraction of sp³-hybridized carbons (Fsp3) is 0.167. The third kappa shape index (κ3) is 4.83. The number of hydrogen-bond acceptors (Lipinski definition) is 9. The van der Waals surface area contributed by atoms with E-state index in [0.29, 0.717) is 0 Å². The number of hydrogen-bond donors (Lipinski definition) is 1. The van der Waals surface area contributed by atoms with Crippen molar-refractivity contribution in [3.05, 3.63) is 86.7 Å². The minimum atomic E-state index is -0.708. The zero-order valence-corrected chi connectivity index (χ0v) is 18.6. The number of rotatable bonds is 6. The lowest BCUT2D eigenvalue weighted by Gasteiger charge is -2.13. The first-order valence-electron chi connectivity index (χ1n) is 9.94. The van der Waals surface area contributed by atoms with Gasteiger partial charge in [0, 0.05) is 5.56 Å². The van der Waals surface area contributed by atoms with E-state index in [9.17, 15) is 24.8 Å². The van der Waals surface area contributed by atoms with Gasteiger partial charge in [0.2, 0.25) is 5.88 Å². The molecule has 10 heteroatoms. The highest BCUT2D eigenvalue weighted by Gasteiger charge is 2.20. The Morgan fingerprint density at radius 3 is 2.15 bits per heavy atom. The van der Waals surface area contributed by atoms with Crippen molar-refractivity contribution in [2.45, 2.75) is 13.5 Å². The van der Waals surface area contributed by atoms with Crippen molar-refractivity contribution in [3.63, 3.8) is 0 Å². The van der Waals surface area contributed by atoms with Gasteiger partial charge in [-0.25, -0.2) is 9.59 Å². The number of benzene rings is 2. The summed E-state index contributed by atoms with van der Waals surface area (Å²) in [5.74, 6) is -1.89. The Labute approximate surface area is 194 Å². The highest BCUT2D eigenvalue weighted by molar-refractivity contribution is 5.96. The van der Waals surface area contributed by atoms with Crippen LogP contribution in [0.4, 0.5) is 11.4 Å². The van der Waals surface area contributed by atoms with Crippen molar-refractivity contribution in [1.29, 1.82) is 5.26 Å². The summed E-state index contributed by atoms with van der Waals surface area (Å²) in [7, 11) is 2.37. The number of ether oxygens (including phenoxy) is 2. The second-order valence-corrected chi connectivity index (χ2v) is 7.11. The number of nitriles is 1. The fourth-order valence-electron chi connectivity index (χ4n) is 3.22. The van der Waals surface area contributed by atoms with Crippen LogP contribution in [0.25, 0.3) is 0 Å². The minimum Gasteiger partial charge on any atom is -0.493 e. The van der Waals surface area contributed by atoms with Crippen molar-refractivity contribution in [2.24, 2.45) is 10.2 Å². The van der Waals surface area contributed by atoms with E-state index in [4.69, 9.17) is 9.47 Å². The van der Waals surface area contributed by atoms with E-state index in [0.717, 1.165) is 10.1 Å². The van der Waals surface area contributed by atoms with E-state index < -0.39 is 23.4 Å². The Morgan fingerprint density at radius 2 is 1.62 bits per heavy atom. The van der Waals surface area contributed by atoms with Gasteiger partial charge in [0.1, 0.15) is 11.6 Å². The number of azo groups is 1. The smallest absolute Gasteiger partial charge is 0.337 e. The molecule has 3 rings (SSSR count). The highest BCUT2D eigenvalue weighted by Crippen LogP contribution is 2.28. The number of esters is 2. The molecule has 10 nitrogen and oxygen atoms in total. The quantitative estimate of drug-likeness (QED) is 0.435. The molecular weight excluding hydrogens is 440 g/mol. The summed E-state index contributed by atoms with van der Waals surface area (Å²) in [5, 5.41) is 28.1. The number of aromatic hydroxyl groups is 1. The molecule has 0 aliphatic carbocycles. The number of aromatic nitrogens is 1. The molecule has 0 amide bonds. The van der Waals surface area contributed by atoms with Crippen LogP contribution in [0.15, 0.2) is 63.6 Å². The van der Waals surface area contributed by atoms with E-state index >= 15 is 0 Å². The van der Waals surface area contributed by atoms with E-state index in [1.807, 2.05) is 12.1 Å². The molecule has 34 heavy (non-hydrogen) atoms. The van der Waals surface area contributed by atoms with E-state index in [2.05, 4.69) is 10.2 Å². The predicted molar refractivity (Wildman–Crippen MR) is 121 cm³/mol. The summed E-state index contributed by atoms with van der Waals surface area (Å²) in [6.07, 6.45) is 0. The van der Waals surface area contributed by atoms with E-state index in [-0.39, 0.29) is 40.2 Å². The Kier molecular flexibility index (Phi) is 7.18. The van der Waals surface area contributed by atoms with Gasteiger partial charge in [-0.15, -0.1) is 5.11 Å². The zero-order valence-electron chi connectivity index (χ0n) is 18.6. The fourth-order valence-corrected chi connectivity index (χ4v) is 3.22. The van der Waals surface area contributed by atoms with Gasteiger partial charge in [0.25, 0.3) is 5.56 Å². The van der Waals surface area contributed by atoms with Gasteiger partial charge in [-0.3, -0.25) is 9.36 Å². The lowest BCUT2D eigenvalue weighted by molar-refractivity contribution is 0.0599. The molecule has 0 aliphatic rings. The lowest BCUT2D eigenvalue weighted by Crippen LogP contribution is -2.22. The topological polar surface area (TPSA) is 143 Å². The molecule has 0 fully saturated rings. The zero-order chi connectivity index (χ0) is 24.8. The summed E-state index contributed by atoms with van der Waals surface area (Å²) < 4.78 is 10.4. The molecule has 3 aromatic rings. The van der Waals surface area contributed by atoms with Gasteiger partial charge in [0.05, 0.1) is 37.6 Å². The van der Waals surface area contributed by atoms with Crippen molar-refractivity contribution < 1.29 is 24.2 Å². The molecule has 0 radical (unpaired) electrons. The Balaban J connectivity index is 2.14. The third-order valence-electron chi connectivity index (χ3n) is 4.98. The standard InChI is InChI=1S/C24H20N4O6/c1-14-19(12-25)21(29)28(13-15-7-5-4-6-8-15)22(30)20(14)27-26-18-10-16(23(31)33-2)9-17(11-18)24(32)34-3/h4-11,29H,13H2,1-3H3. The molecule has 1 N–H and O–H groups in total. The monoisotopic (exact) mass is 460 g/mol. The van der Waals surface area contributed by atoms with Gasteiger partial charge in [-0.1, -0.05) is 30.3 Å². The number of nitrogens with zero attached hydrogens (tertiary/aromatic N) is 4. The summed E-state index contributed by atoms with van der Waals surface area (Å²) in [5.41, 5.74) is 0.0278. The molecule has 1 aromatic heterocycles. The van der Waals surface area contributed by atoms with Gasteiger partial charge >= 0.3 is 11.9 Å². The summed E-state index contributed by atoms with van der Waals surface area (Å²) in [4.78, 5) is 37.1. The minimum absolute atomic E-state index is 0.00724. The maximum absolute atomic E-state index is 13.1. The average Bonchev–Trinajstić information content (AvgIpc) is 2.86. The molecule has 0 spiro atoms. The van der Waals surface area contributed by atoms with Crippen LogP contribution in [-0.2, 0) is 16.0 Å². The van der Waals surface area contributed by atoms with Gasteiger partial charge in [-0.2, -0.15) is 10.4 Å². The second kappa shape index (κ2) is 10.2. The van der Waals surface area contributed by atoms with Gasteiger partial charge in [0.15, 0.2) is 5.69 Å². The molecule has 172 valence electrons. The van der Waals surface area contributed by atoms with Crippen molar-refractivity contribution in [2.75, 3.05) is 14.2 Å². The van der Waals surface area contributed by atoms with E-state index in [1.165, 1.54) is 39.3 Å². The predicted octanol–water partition coefficient (Wildman–Crippen LogP) is 3.77. The third-order valence-corrected chi connectivity index (χ3v) is 4.98. The first-order chi connectivity index (χ1) is 16.3. The molecule has 0 saturated heterocycles. The van der Waals surface area contributed by atoms with Crippen molar-refractivity contribution in [3.8, 4) is 11.9 Å². The molecule has 0 atom stereocenters. The van der Waals surface area contributed by atoms with E-state index in [1.54, 1.807) is 24.3 Å². The number of carbonyl (C=O) groups is 2. The summed E-state index contributed by atoms with van der Waals surface area (Å²) >= 11 is 0. The SMILES string of the molecule is COC(=O)c1cc(N=Nc2c(C)c(C#N)c(O)n(Cc3ccccc3)c2=O)cc(C(=O)OC)c1. The van der Waals surface area contributed by atoms with Gasteiger partial charge in [-0.05, 0) is 30.7 Å². The first-order valence-corrected chi connectivity index (χ1v) is 9.94. The molecule has 2 aromatic carbocycles. The molecule has 0 unspecified atom stereocenters. The molecular formula is C24H20N4O6. The maximum atomic E-state index is 13.1. The Morgan fingerprint density at radius 1 is 1.03 bits per heavy atom. The van der Waals surface area contributed by atoms with Crippen LogP contribution >= 0.6 is 0 Å². The van der Waals surface area contributed by atoms with Crippen LogP contribution in [0.1, 0.15) is 37.4 Å². The van der Waals surface area contributed by atoms with Crippen LogP contribution in [0.3, 0.4) is 0 Å². The van der Waals surface area contributed by atoms with Crippen LogP contribution in [-0.4, -0.2) is 35.8 Å². The van der Waals surface area contributed by atoms with Crippen LogP contribution in [0, 0.1) is 18.3 Å². The Hall–Kier alpha value is -4.78. The maximum Gasteiger partial charge on any atom is 0.337 e. The van der Waals surface area contributed by atoms with Crippen molar-refractivity contribution in [1.82, 2.24) is 4.57 Å². The number of methoxy groups -OCH3 is 2.